The molecular formula is C17H29N3O. The molecule has 0 spiro atoms. The van der Waals surface area contributed by atoms with Crippen LogP contribution >= 0.6 is 0 Å². The molecule has 1 aliphatic rings. The van der Waals surface area contributed by atoms with Gasteiger partial charge in [0.25, 0.3) is 0 Å². The van der Waals surface area contributed by atoms with Crippen LogP contribution in [0.5, 0.6) is 0 Å². The van der Waals surface area contributed by atoms with Gasteiger partial charge in [-0.25, -0.2) is 0 Å². The number of rotatable bonds is 7. The van der Waals surface area contributed by atoms with Crippen molar-refractivity contribution in [1.29, 1.82) is 0 Å². The zero-order chi connectivity index (χ0) is 15.7. The number of piperidine rings is 1. The van der Waals surface area contributed by atoms with Crippen molar-refractivity contribution in [3.8, 4) is 0 Å². The predicted octanol–water partition coefficient (Wildman–Crippen LogP) is 1.85. The van der Waals surface area contributed by atoms with E-state index in [1.165, 1.54) is 5.57 Å². The second kappa shape index (κ2) is 9.53. The van der Waals surface area contributed by atoms with E-state index in [1.54, 1.807) is 7.05 Å². The van der Waals surface area contributed by atoms with E-state index in [9.17, 15) is 4.79 Å². The largest absolute Gasteiger partial charge is 0.355 e. The van der Waals surface area contributed by atoms with E-state index in [-0.39, 0.29) is 5.91 Å². The zero-order valence-corrected chi connectivity index (χ0v) is 13.4. The van der Waals surface area contributed by atoms with Gasteiger partial charge in [-0.3, -0.25) is 4.79 Å². The topological polar surface area (TPSA) is 58.4 Å². The number of nitrogens with two attached hydrogens (primary N) is 1. The Morgan fingerprint density at radius 3 is 2.62 bits per heavy atom. The molecule has 21 heavy (non-hydrogen) atoms. The Labute approximate surface area is 128 Å². The van der Waals surface area contributed by atoms with Crippen LogP contribution in [0.1, 0.15) is 26.2 Å². The van der Waals surface area contributed by atoms with E-state index in [0.717, 1.165) is 44.6 Å². The summed E-state index contributed by atoms with van der Waals surface area (Å²) >= 11 is 0. The number of carbonyl (C=O) groups excluding carboxylic acids is 1. The minimum atomic E-state index is -0.0187. The minimum absolute atomic E-state index is 0.0187. The van der Waals surface area contributed by atoms with Crippen molar-refractivity contribution in [1.82, 2.24) is 10.2 Å². The van der Waals surface area contributed by atoms with Gasteiger partial charge in [-0.15, -0.1) is 0 Å². The number of likely N-dealkylation sites (tertiary alicyclic amines) is 1. The molecule has 0 aromatic carbocycles. The number of carbonyl (C=O) groups is 1. The summed E-state index contributed by atoms with van der Waals surface area (Å²) in [6.07, 6.45) is 8.60. The Morgan fingerprint density at radius 1 is 1.43 bits per heavy atom. The van der Waals surface area contributed by atoms with E-state index in [1.807, 2.05) is 25.2 Å². The highest BCUT2D eigenvalue weighted by atomic mass is 16.1. The minimum Gasteiger partial charge on any atom is -0.355 e. The van der Waals surface area contributed by atoms with E-state index < -0.39 is 0 Å². The number of hydrogen-bond donors (Lipinski definition) is 2. The highest BCUT2D eigenvalue weighted by Gasteiger charge is 2.22. The molecule has 0 bridgehead atoms. The van der Waals surface area contributed by atoms with E-state index >= 15 is 0 Å². The number of amides is 1. The van der Waals surface area contributed by atoms with Crippen LogP contribution in [-0.4, -0.2) is 44.0 Å². The van der Waals surface area contributed by atoms with Gasteiger partial charge in [0.1, 0.15) is 0 Å². The molecule has 0 aliphatic carbocycles. The van der Waals surface area contributed by atoms with Crippen molar-refractivity contribution in [3.05, 3.63) is 36.0 Å². The van der Waals surface area contributed by atoms with E-state index in [2.05, 4.69) is 16.8 Å². The summed E-state index contributed by atoms with van der Waals surface area (Å²) < 4.78 is 0. The summed E-state index contributed by atoms with van der Waals surface area (Å²) in [5.74, 6) is 0.493. The van der Waals surface area contributed by atoms with Crippen LogP contribution in [0.4, 0.5) is 0 Å². The fourth-order valence-electron chi connectivity index (χ4n) is 2.72. The van der Waals surface area contributed by atoms with Crippen LogP contribution in [-0.2, 0) is 4.79 Å². The van der Waals surface area contributed by atoms with E-state index in [0.29, 0.717) is 12.3 Å². The van der Waals surface area contributed by atoms with Crippen molar-refractivity contribution in [3.63, 3.8) is 0 Å². The fraction of sp³-hybridized carbons (Fsp3) is 0.588. The maximum Gasteiger partial charge on any atom is 0.247 e. The molecule has 0 aromatic heterocycles. The summed E-state index contributed by atoms with van der Waals surface area (Å²) in [7, 11) is 1.67. The molecule has 1 saturated heterocycles. The first kappa shape index (κ1) is 17.7. The van der Waals surface area contributed by atoms with Crippen LogP contribution in [0, 0.1) is 5.92 Å². The van der Waals surface area contributed by atoms with E-state index in [4.69, 9.17) is 5.73 Å². The lowest BCUT2D eigenvalue weighted by molar-refractivity contribution is -0.117. The Morgan fingerprint density at radius 2 is 2.10 bits per heavy atom. The molecule has 3 N–H and O–H groups in total. The lowest BCUT2D eigenvalue weighted by Gasteiger charge is -2.32. The van der Waals surface area contributed by atoms with Crippen molar-refractivity contribution in [2.75, 3.05) is 33.2 Å². The Balaban J connectivity index is 2.57. The molecule has 1 amide bonds. The quantitative estimate of drug-likeness (QED) is 0.427. The molecule has 4 heteroatoms. The summed E-state index contributed by atoms with van der Waals surface area (Å²) in [6, 6.07) is 0. The molecule has 118 valence electrons. The second-order valence-corrected chi connectivity index (χ2v) is 5.54. The van der Waals surface area contributed by atoms with Crippen molar-refractivity contribution >= 4 is 5.91 Å². The number of allylic oxidation sites excluding steroid dienone is 4. The van der Waals surface area contributed by atoms with Crippen LogP contribution in [0.3, 0.4) is 0 Å². The molecule has 4 nitrogen and oxygen atoms in total. The highest BCUT2D eigenvalue weighted by molar-refractivity contribution is 5.93. The van der Waals surface area contributed by atoms with Crippen LogP contribution in [0.15, 0.2) is 36.0 Å². The Bertz CT molecular complexity index is 404. The summed E-state index contributed by atoms with van der Waals surface area (Å²) in [5, 5.41) is 2.70. The molecule has 0 saturated carbocycles. The van der Waals surface area contributed by atoms with Gasteiger partial charge in [0.15, 0.2) is 0 Å². The zero-order valence-electron chi connectivity index (χ0n) is 13.4. The lowest BCUT2D eigenvalue weighted by Crippen LogP contribution is -2.37. The number of nitrogens with zero attached hydrogens (tertiary/aromatic N) is 1. The van der Waals surface area contributed by atoms with Gasteiger partial charge in [-0.1, -0.05) is 30.4 Å². The normalized spacial score (nSPS) is 18.1. The van der Waals surface area contributed by atoms with Crippen LogP contribution in [0.2, 0.25) is 0 Å². The third kappa shape index (κ3) is 5.86. The Kier molecular flexibility index (Phi) is 8.01. The maximum atomic E-state index is 11.9. The van der Waals surface area contributed by atoms with Gasteiger partial charge in [0, 0.05) is 25.7 Å². The maximum absolute atomic E-state index is 11.9. The second-order valence-electron chi connectivity index (χ2n) is 5.54. The molecule has 1 heterocycles. The standard InChI is InChI=1S/C17H29N3O/c1-4-5-6-16(17(21)19-3)13-14(2)15-7-10-20(11-8-15)12-9-18/h4-6,15H,2,7-13,18H2,1,3H3,(H,19,21)/b5-4-,16-6+. The first-order valence-electron chi connectivity index (χ1n) is 7.76. The molecule has 1 fully saturated rings. The van der Waals surface area contributed by atoms with Gasteiger partial charge in [0.05, 0.1) is 0 Å². The molecular weight excluding hydrogens is 262 g/mol. The van der Waals surface area contributed by atoms with Crippen LogP contribution in [0.25, 0.3) is 0 Å². The van der Waals surface area contributed by atoms with Crippen molar-refractivity contribution in [2.24, 2.45) is 11.7 Å². The average molecular weight is 291 g/mol. The van der Waals surface area contributed by atoms with Gasteiger partial charge in [-0.05, 0) is 45.2 Å². The highest BCUT2D eigenvalue weighted by Crippen LogP contribution is 2.27. The summed E-state index contributed by atoms with van der Waals surface area (Å²) in [5.41, 5.74) is 7.55. The predicted molar refractivity (Wildman–Crippen MR) is 88.9 cm³/mol. The average Bonchev–Trinajstić information content (AvgIpc) is 2.51. The molecule has 0 radical (unpaired) electrons. The monoisotopic (exact) mass is 291 g/mol. The number of likely N-dealkylation sites (N-methyl/N-ethyl adjacent to an activating group) is 1. The Hall–Kier alpha value is -1.39. The van der Waals surface area contributed by atoms with Gasteiger partial charge < -0.3 is 16.0 Å². The van der Waals surface area contributed by atoms with Gasteiger partial charge in [-0.2, -0.15) is 0 Å². The summed E-state index contributed by atoms with van der Waals surface area (Å²) in [6.45, 7) is 10.0. The van der Waals surface area contributed by atoms with Crippen molar-refractivity contribution in [2.45, 2.75) is 26.2 Å². The molecule has 0 aromatic rings. The van der Waals surface area contributed by atoms with Crippen LogP contribution < -0.4 is 11.1 Å². The molecule has 1 rings (SSSR count). The molecule has 1 aliphatic heterocycles. The first-order chi connectivity index (χ1) is 10.1. The number of hydrogen-bond acceptors (Lipinski definition) is 3. The smallest absolute Gasteiger partial charge is 0.247 e. The van der Waals surface area contributed by atoms with Gasteiger partial charge >= 0.3 is 0 Å². The first-order valence-corrected chi connectivity index (χ1v) is 7.76. The SMILES string of the molecule is C=C(C/C(=C\C=C/C)C(=O)NC)C1CCN(CCN)CC1. The van der Waals surface area contributed by atoms with Gasteiger partial charge in [0.2, 0.25) is 5.91 Å². The summed E-state index contributed by atoms with van der Waals surface area (Å²) in [4.78, 5) is 14.3. The molecule has 0 atom stereocenters. The third-order valence-corrected chi connectivity index (χ3v) is 4.04. The third-order valence-electron chi connectivity index (χ3n) is 4.04. The molecule has 0 unspecified atom stereocenters. The lowest BCUT2D eigenvalue weighted by atomic mass is 9.86. The van der Waals surface area contributed by atoms with Crippen molar-refractivity contribution < 1.29 is 4.79 Å². The fourth-order valence-corrected chi connectivity index (χ4v) is 2.72. The number of nitrogens with one attached hydrogen (secondary N) is 1.